The number of hydrogen-bond acceptors (Lipinski definition) is 2. The lowest BCUT2D eigenvalue weighted by molar-refractivity contribution is 0.0684. The normalized spacial score (nSPS) is 23.2. The molecule has 0 bridgehead atoms. The van der Waals surface area contributed by atoms with Crippen LogP contribution >= 0.6 is 0 Å². The van der Waals surface area contributed by atoms with E-state index in [1.165, 1.54) is 0 Å². The van der Waals surface area contributed by atoms with Crippen LogP contribution in [0.25, 0.3) is 0 Å². The Balaban J connectivity index is 2.89. The number of carbonyl (C=O) groups is 2. The van der Waals surface area contributed by atoms with Gasteiger partial charge in [-0.15, -0.1) is 0 Å². The number of ketones is 2. The van der Waals surface area contributed by atoms with Gasteiger partial charge in [-0.3, -0.25) is 9.59 Å². The topological polar surface area (TPSA) is 34.1 Å². The average Bonchev–Trinajstić information content (AvgIpc) is 2.35. The summed E-state index contributed by atoms with van der Waals surface area (Å²) in [5.74, 6) is -12.9. The summed E-state index contributed by atoms with van der Waals surface area (Å²) in [6, 6.07) is 0. The van der Waals surface area contributed by atoms with Crippen LogP contribution < -0.4 is 0 Å². The number of carbonyl (C=O) groups excluding carboxylic acids is 2. The molecule has 1 aliphatic carbocycles. The van der Waals surface area contributed by atoms with E-state index in [0.717, 1.165) is 6.92 Å². The molecule has 1 aromatic carbocycles. The first-order chi connectivity index (χ1) is 8.29. The molecule has 0 saturated heterocycles. The van der Waals surface area contributed by atoms with Gasteiger partial charge in [0.2, 0.25) is 5.78 Å². The van der Waals surface area contributed by atoms with Gasteiger partial charge in [0.05, 0.1) is 17.0 Å². The molecule has 2 atom stereocenters. The van der Waals surface area contributed by atoms with Crippen molar-refractivity contribution in [3.63, 3.8) is 0 Å². The maximum atomic E-state index is 13.4. The Morgan fingerprint density at radius 3 is 1.61 bits per heavy atom. The van der Waals surface area contributed by atoms with E-state index in [2.05, 4.69) is 0 Å². The van der Waals surface area contributed by atoms with E-state index in [4.69, 9.17) is 0 Å². The zero-order valence-electron chi connectivity index (χ0n) is 8.86. The van der Waals surface area contributed by atoms with Crippen molar-refractivity contribution in [1.29, 1.82) is 0 Å². The highest BCUT2D eigenvalue weighted by Gasteiger charge is 2.45. The molecule has 0 heterocycles. The quantitative estimate of drug-likeness (QED) is 0.410. The van der Waals surface area contributed by atoms with Crippen LogP contribution in [0.1, 0.15) is 27.6 Å². The van der Waals surface area contributed by atoms with Crippen molar-refractivity contribution in [1.82, 2.24) is 0 Å². The maximum absolute atomic E-state index is 13.4. The SMILES string of the molecule is C[C@H]1C(=O)c2c(F)c(F)c(F)c(F)c2C(=O)[C@H]1F. The zero-order valence-corrected chi connectivity index (χ0v) is 8.86. The minimum atomic E-state index is -2.40. The molecule has 7 heteroatoms. The van der Waals surface area contributed by atoms with Gasteiger partial charge in [-0.05, 0) is 0 Å². The molecule has 0 spiro atoms. The molecule has 96 valence electrons. The summed E-state index contributed by atoms with van der Waals surface area (Å²) in [6.45, 7) is 0.979. The van der Waals surface area contributed by atoms with Crippen LogP contribution in [0.2, 0.25) is 0 Å². The molecule has 2 nitrogen and oxygen atoms in total. The van der Waals surface area contributed by atoms with E-state index in [9.17, 15) is 31.5 Å². The average molecular weight is 264 g/mol. The number of halogens is 5. The highest BCUT2D eigenvalue weighted by molar-refractivity contribution is 6.17. The summed E-state index contributed by atoms with van der Waals surface area (Å²) < 4.78 is 66.0. The summed E-state index contributed by atoms with van der Waals surface area (Å²) in [5.41, 5.74) is -2.58. The Hall–Kier alpha value is -1.79. The summed E-state index contributed by atoms with van der Waals surface area (Å²) >= 11 is 0. The Morgan fingerprint density at radius 2 is 1.17 bits per heavy atom. The van der Waals surface area contributed by atoms with Gasteiger partial charge in [0.15, 0.2) is 35.2 Å². The second-order valence-electron chi connectivity index (χ2n) is 3.92. The predicted octanol–water partition coefficient (Wildman–Crippen LogP) is 2.60. The molecular formula is C11H5F5O2. The molecule has 0 aromatic heterocycles. The van der Waals surface area contributed by atoms with E-state index in [0.29, 0.717) is 0 Å². The largest absolute Gasteiger partial charge is 0.294 e. The molecular weight excluding hydrogens is 259 g/mol. The first-order valence-electron chi connectivity index (χ1n) is 4.87. The van der Waals surface area contributed by atoms with Crippen molar-refractivity contribution >= 4 is 11.6 Å². The minimum Gasteiger partial charge on any atom is -0.294 e. The van der Waals surface area contributed by atoms with E-state index in [-0.39, 0.29) is 0 Å². The monoisotopic (exact) mass is 264 g/mol. The second kappa shape index (κ2) is 3.86. The van der Waals surface area contributed by atoms with E-state index < -0.39 is 58.1 Å². The summed E-state index contributed by atoms with van der Waals surface area (Å²) in [7, 11) is 0. The Morgan fingerprint density at radius 1 is 0.778 bits per heavy atom. The minimum absolute atomic E-state index is 0.979. The summed E-state index contributed by atoms with van der Waals surface area (Å²) in [5, 5.41) is 0. The third-order valence-electron chi connectivity index (χ3n) is 2.86. The molecule has 0 aliphatic heterocycles. The van der Waals surface area contributed by atoms with Crippen LogP contribution in [0, 0.1) is 29.2 Å². The fourth-order valence-electron chi connectivity index (χ4n) is 1.82. The van der Waals surface area contributed by atoms with Crippen LogP contribution in [0.15, 0.2) is 0 Å². The van der Waals surface area contributed by atoms with E-state index >= 15 is 0 Å². The number of alkyl halides is 1. The van der Waals surface area contributed by atoms with Crippen LogP contribution in [-0.2, 0) is 0 Å². The second-order valence-corrected chi connectivity index (χ2v) is 3.92. The zero-order chi connectivity index (χ0) is 13.8. The van der Waals surface area contributed by atoms with Gasteiger partial charge >= 0.3 is 0 Å². The number of Topliss-reactive ketones (excluding diaryl/α,β-unsaturated/α-hetero) is 2. The number of rotatable bonds is 0. The van der Waals surface area contributed by atoms with Crippen molar-refractivity contribution in [2.75, 3.05) is 0 Å². The van der Waals surface area contributed by atoms with Gasteiger partial charge in [0.25, 0.3) is 0 Å². The van der Waals surface area contributed by atoms with Crippen LogP contribution in [-0.4, -0.2) is 17.7 Å². The highest BCUT2D eigenvalue weighted by Crippen LogP contribution is 2.33. The number of fused-ring (bicyclic) bond motifs is 1. The van der Waals surface area contributed by atoms with Crippen molar-refractivity contribution in [2.24, 2.45) is 5.92 Å². The Bertz CT molecular complexity index is 531. The number of hydrogen-bond donors (Lipinski definition) is 0. The summed E-state index contributed by atoms with van der Waals surface area (Å²) in [4.78, 5) is 22.9. The molecule has 0 unspecified atom stereocenters. The van der Waals surface area contributed by atoms with Gasteiger partial charge in [0, 0.05) is 0 Å². The van der Waals surface area contributed by atoms with Crippen LogP contribution in [0.3, 0.4) is 0 Å². The van der Waals surface area contributed by atoms with Gasteiger partial charge in [-0.1, -0.05) is 6.92 Å². The molecule has 1 aliphatic rings. The van der Waals surface area contributed by atoms with Gasteiger partial charge in [-0.25, -0.2) is 22.0 Å². The summed E-state index contributed by atoms with van der Waals surface area (Å²) in [6.07, 6.45) is -2.40. The van der Waals surface area contributed by atoms with Crippen LogP contribution in [0.4, 0.5) is 22.0 Å². The number of benzene rings is 1. The molecule has 1 aromatic rings. The molecule has 2 rings (SSSR count). The molecule has 18 heavy (non-hydrogen) atoms. The Labute approximate surface area is 97.4 Å². The van der Waals surface area contributed by atoms with Crippen LogP contribution in [0.5, 0.6) is 0 Å². The van der Waals surface area contributed by atoms with Gasteiger partial charge in [0.1, 0.15) is 0 Å². The lowest BCUT2D eigenvalue weighted by Gasteiger charge is -2.23. The lowest BCUT2D eigenvalue weighted by Crippen LogP contribution is -2.38. The van der Waals surface area contributed by atoms with Crippen molar-refractivity contribution in [3.05, 3.63) is 34.4 Å². The molecule has 0 amide bonds. The molecule has 0 N–H and O–H groups in total. The van der Waals surface area contributed by atoms with E-state index in [1.807, 2.05) is 0 Å². The standard InChI is InChI=1S/C11H5F5O2/c1-2-5(12)11(18)4-3(10(2)17)6(13)8(15)9(16)7(4)14/h2,5H,1H3/t2-,5+/m1/s1. The smallest absolute Gasteiger partial charge is 0.201 e. The van der Waals surface area contributed by atoms with Gasteiger partial charge < -0.3 is 0 Å². The first kappa shape index (κ1) is 12.7. The molecule has 0 saturated carbocycles. The molecule has 0 radical (unpaired) electrons. The van der Waals surface area contributed by atoms with Crippen molar-refractivity contribution in [3.8, 4) is 0 Å². The predicted molar refractivity (Wildman–Crippen MR) is 49.0 cm³/mol. The third-order valence-corrected chi connectivity index (χ3v) is 2.86. The molecule has 0 fully saturated rings. The van der Waals surface area contributed by atoms with E-state index in [1.54, 1.807) is 0 Å². The fourth-order valence-corrected chi connectivity index (χ4v) is 1.82. The lowest BCUT2D eigenvalue weighted by atomic mass is 9.81. The third kappa shape index (κ3) is 1.39. The fraction of sp³-hybridized carbons (Fsp3) is 0.273. The van der Waals surface area contributed by atoms with Gasteiger partial charge in [-0.2, -0.15) is 0 Å². The van der Waals surface area contributed by atoms with Crippen molar-refractivity contribution in [2.45, 2.75) is 13.1 Å². The highest BCUT2D eigenvalue weighted by atomic mass is 19.2. The maximum Gasteiger partial charge on any atom is 0.201 e. The van der Waals surface area contributed by atoms with Crippen molar-refractivity contribution < 1.29 is 31.5 Å². The first-order valence-corrected chi connectivity index (χ1v) is 4.87. The Kier molecular flexibility index (Phi) is 2.71.